The molecule has 1 atom stereocenters. The number of carbonyl (C=O) groups is 1. The summed E-state index contributed by atoms with van der Waals surface area (Å²) in [4.78, 5) is 25.0. The third kappa shape index (κ3) is 4.00. The van der Waals surface area contributed by atoms with Crippen molar-refractivity contribution >= 4 is 17.3 Å². The highest BCUT2D eigenvalue weighted by Gasteiger charge is 2.37. The Labute approximate surface area is 162 Å². The standard InChI is InChI=1S/C20H22N2O6/c1-13(2)19-20(23)21(10-11-27-16-7-5-15(26-3)6-8-16)17-12-14(22(24)25)4-9-18(17)28-19/h4-9,12-13,19H,10-11H2,1-3H3. The molecule has 1 amide bonds. The van der Waals surface area contributed by atoms with Crippen LogP contribution in [-0.4, -0.2) is 37.2 Å². The lowest BCUT2D eigenvalue weighted by atomic mass is 10.0. The van der Waals surface area contributed by atoms with Gasteiger partial charge in [-0.25, -0.2) is 0 Å². The molecule has 1 aliphatic rings. The second kappa shape index (κ2) is 8.16. The first kappa shape index (κ1) is 19.5. The van der Waals surface area contributed by atoms with Crippen LogP contribution < -0.4 is 19.1 Å². The molecule has 148 valence electrons. The molecule has 8 nitrogen and oxygen atoms in total. The molecular formula is C20H22N2O6. The molecule has 0 saturated carbocycles. The summed E-state index contributed by atoms with van der Waals surface area (Å²) in [5.41, 5.74) is 0.286. The van der Waals surface area contributed by atoms with E-state index in [0.717, 1.165) is 5.75 Å². The van der Waals surface area contributed by atoms with Crippen LogP contribution in [0.25, 0.3) is 0 Å². The van der Waals surface area contributed by atoms with Gasteiger partial charge in [0.25, 0.3) is 11.6 Å². The van der Waals surface area contributed by atoms with Crippen molar-refractivity contribution in [3.63, 3.8) is 0 Å². The van der Waals surface area contributed by atoms with Crippen LogP contribution in [0.2, 0.25) is 0 Å². The summed E-state index contributed by atoms with van der Waals surface area (Å²) in [7, 11) is 1.58. The summed E-state index contributed by atoms with van der Waals surface area (Å²) < 4.78 is 16.6. The van der Waals surface area contributed by atoms with E-state index >= 15 is 0 Å². The van der Waals surface area contributed by atoms with Gasteiger partial charge in [-0.2, -0.15) is 0 Å². The fourth-order valence-corrected chi connectivity index (χ4v) is 2.97. The van der Waals surface area contributed by atoms with Crippen LogP contribution in [0.5, 0.6) is 17.2 Å². The molecule has 8 heteroatoms. The van der Waals surface area contributed by atoms with Crippen molar-refractivity contribution in [1.82, 2.24) is 0 Å². The summed E-state index contributed by atoms with van der Waals surface area (Å²) in [6, 6.07) is 11.4. The first-order valence-corrected chi connectivity index (χ1v) is 8.94. The number of fused-ring (bicyclic) bond motifs is 1. The van der Waals surface area contributed by atoms with Crippen LogP contribution in [0.15, 0.2) is 42.5 Å². The number of amides is 1. The highest BCUT2D eigenvalue weighted by atomic mass is 16.6. The molecule has 0 saturated heterocycles. The fourth-order valence-electron chi connectivity index (χ4n) is 2.97. The van der Waals surface area contributed by atoms with E-state index in [0.29, 0.717) is 17.2 Å². The monoisotopic (exact) mass is 386 g/mol. The number of hydrogen-bond acceptors (Lipinski definition) is 6. The van der Waals surface area contributed by atoms with Gasteiger partial charge in [0.2, 0.25) is 0 Å². The lowest BCUT2D eigenvalue weighted by Crippen LogP contribution is -2.49. The fraction of sp³-hybridized carbons (Fsp3) is 0.350. The van der Waals surface area contributed by atoms with Gasteiger partial charge in [0, 0.05) is 12.1 Å². The van der Waals surface area contributed by atoms with Crippen molar-refractivity contribution in [2.75, 3.05) is 25.2 Å². The molecule has 0 aromatic heterocycles. The van der Waals surface area contributed by atoms with Gasteiger partial charge in [-0.1, -0.05) is 13.8 Å². The topological polar surface area (TPSA) is 91.1 Å². The zero-order chi connectivity index (χ0) is 20.3. The van der Waals surface area contributed by atoms with Crippen LogP contribution in [-0.2, 0) is 4.79 Å². The average Bonchev–Trinajstić information content (AvgIpc) is 2.69. The molecule has 0 fully saturated rings. The number of nitro benzene ring substituents is 1. The molecule has 0 radical (unpaired) electrons. The number of carbonyl (C=O) groups excluding carboxylic acids is 1. The number of benzene rings is 2. The highest BCUT2D eigenvalue weighted by Crippen LogP contribution is 2.38. The van der Waals surface area contributed by atoms with E-state index < -0.39 is 11.0 Å². The van der Waals surface area contributed by atoms with Crippen LogP contribution in [0.3, 0.4) is 0 Å². The quantitative estimate of drug-likeness (QED) is 0.535. The van der Waals surface area contributed by atoms with Crippen molar-refractivity contribution in [3.05, 3.63) is 52.6 Å². The van der Waals surface area contributed by atoms with Crippen molar-refractivity contribution in [2.45, 2.75) is 20.0 Å². The Hall–Kier alpha value is -3.29. The molecular weight excluding hydrogens is 364 g/mol. The number of ether oxygens (including phenoxy) is 3. The number of non-ortho nitro benzene ring substituents is 1. The predicted molar refractivity (Wildman–Crippen MR) is 103 cm³/mol. The van der Waals surface area contributed by atoms with Crippen molar-refractivity contribution < 1.29 is 23.9 Å². The van der Waals surface area contributed by atoms with Gasteiger partial charge in [0.05, 0.1) is 24.3 Å². The van der Waals surface area contributed by atoms with Gasteiger partial charge in [0.1, 0.15) is 23.9 Å². The maximum absolute atomic E-state index is 12.9. The molecule has 28 heavy (non-hydrogen) atoms. The Balaban J connectivity index is 1.79. The van der Waals surface area contributed by atoms with Crippen LogP contribution in [0.4, 0.5) is 11.4 Å². The highest BCUT2D eigenvalue weighted by molar-refractivity contribution is 6.00. The minimum absolute atomic E-state index is 0.0409. The largest absolute Gasteiger partial charge is 0.497 e. The molecule has 0 bridgehead atoms. The maximum Gasteiger partial charge on any atom is 0.271 e. The molecule has 1 aliphatic heterocycles. The van der Waals surface area contributed by atoms with Crippen LogP contribution >= 0.6 is 0 Å². The Morgan fingerprint density at radius 3 is 2.46 bits per heavy atom. The van der Waals surface area contributed by atoms with E-state index in [-0.39, 0.29) is 30.7 Å². The lowest BCUT2D eigenvalue weighted by molar-refractivity contribution is -0.384. The summed E-state index contributed by atoms with van der Waals surface area (Å²) >= 11 is 0. The molecule has 0 N–H and O–H groups in total. The van der Waals surface area contributed by atoms with Gasteiger partial charge < -0.3 is 19.1 Å². The molecule has 1 heterocycles. The number of nitrogens with zero attached hydrogens (tertiary/aromatic N) is 2. The number of anilines is 1. The van der Waals surface area contributed by atoms with Crippen LogP contribution in [0, 0.1) is 16.0 Å². The Morgan fingerprint density at radius 2 is 1.86 bits per heavy atom. The maximum atomic E-state index is 12.9. The first-order chi connectivity index (χ1) is 13.4. The molecule has 0 spiro atoms. The summed E-state index contributed by atoms with van der Waals surface area (Å²) in [5, 5.41) is 11.1. The molecule has 0 aliphatic carbocycles. The Bertz CT molecular complexity index is 865. The third-order valence-corrected chi connectivity index (χ3v) is 4.46. The van der Waals surface area contributed by atoms with Crippen molar-refractivity contribution in [3.8, 4) is 17.2 Å². The zero-order valence-electron chi connectivity index (χ0n) is 16.0. The first-order valence-electron chi connectivity index (χ1n) is 8.94. The number of rotatable bonds is 7. The summed E-state index contributed by atoms with van der Waals surface area (Å²) in [6.07, 6.45) is -0.644. The van der Waals surface area contributed by atoms with Gasteiger partial charge in [-0.15, -0.1) is 0 Å². The van der Waals surface area contributed by atoms with E-state index in [1.54, 1.807) is 31.4 Å². The Morgan fingerprint density at radius 1 is 1.18 bits per heavy atom. The van der Waals surface area contributed by atoms with Crippen molar-refractivity contribution in [2.24, 2.45) is 5.92 Å². The lowest BCUT2D eigenvalue weighted by Gasteiger charge is -2.35. The molecule has 2 aromatic carbocycles. The van der Waals surface area contributed by atoms with Gasteiger partial charge in [-0.3, -0.25) is 14.9 Å². The van der Waals surface area contributed by atoms with Gasteiger partial charge in [-0.05, 0) is 36.2 Å². The molecule has 1 unspecified atom stereocenters. The second-order valence-corrected chi connectivity index (χ2v) is 6.71. The van der Waals surface area contributed by atoms with E-state index in [2.05, 4.69) is 0 Å². The second-order valence-electron chi connectivity index (χ2n) is 6.71. The van der Waals surface area contributed by atoms with Gasteiger partial charge in [0.15, 0.2) is 6.10 Å². The SMILES string of the molecule is COc1ccc(OCCN2C(=O)C(C(C)C)Oc3ccc([N+](=O)[O-])cc32)cc1. The normalized spacial score (nSPS) is 15.8. The van der Waals surface area contributed by atoms with E-state index in [1.165, 1.54) is 23.1 Å². The van der Waals surface area contributed by atoms with E-state index in [1.807, 2.05) is 13.8 Å². The molecule has 2 aromatic rings. The van der Waals surface area contributed by atoms with E-state index in [4.69, 9.17) is 14.2 Å². The minimum atomic E-state index is -0.644. The smallest absolute Gasteiger partial charge is 0.271 e. The van der Waals surface area contributed by atoms with Crippen molar-refractivity contribution in [1.29, 1.82) is 0 Å². The Kier molecular flexibility index (Phi) is 5.67. The average molecular weight is 386 g/mol. The number of nitro groups is 1. The summed E-state index contributed by atoms with van der Waals surface area (Å²) in [5.74, 6) is 1.54. The minimum Gasteiger partial charge on any atom is -0.497 e. The number of methoxy groups -OCH3 is 1. The molecule has 3 rings (SSSR count). The predicted octanol–water partition coefficient (Wildman–Crippen LogP) is 3.43. The number of hydrogen-bond donors (Lipinski definition) is 0. The summed E-state index contributed by atoms with van der Waals surface area (Å²) in [6.45, 7) is 4.26. The third-order valence-electron chi connectivity index (χ3n) is 4.46. The van der Waals surface area contributed by atoms with Gasteiger partial charge >= 0.3 is 0 Å². The zero-order valence-corrected chi connectivity index (χ0v) is 16.0. The van der Waals surface area contributed by atoms with E-state index in [9.17, 15) is 14.9 Å². The van der Waals surface area contributed by atoms with Crippen LogP contribution in [0.1, 0.15) is 13.8 Å².